The molecule has 110 valence electrons. The van der Waals surface area contributed by atoms with Crippen LogP contribution in [0, 0.1) is 0 Å². The molecule has 0 spiro atoms. The normalized spacial score (nSPS) is 13.8. The largest absolute Gasteiger partial charge is 0.501 e. The second-order valence-electron chi connectivity index (χ2n) is 4.55. The summed E-state index contributed by atoms with van der Waals surface area (Å²) in [5, 5.41) is 0.137. The van der Waals surface area contributed by atoms with Crippen LogP contribution in [0.2, 0.25) is 6.04 Å². The van der Waals surface area contributed by atoms with Gasteiger partial charge in [0.25, 0.3) is 0 Å². The Kier molecular flexibility index (Phi) is 11.5. The topological polar surface area (TPSA) is 27.7 Å². The van der Waals surface area contributed by atoms with E-state index in [2.05, 4.69) is 20.8 Å². The molecule has 0 saturated heterocycles. The molecule has 0 rings (SSSR count). The van der Waals surface area contributed by atoms with Gasteiger partial charge in [-0.1, -0.05) is 20.8 Å². The molecule has 0 radical (unpaired) electrons. The molecule has 0 bridgehead atoms. The van der Waals surface area contributed by atoms with E-state index < -0.39 is 8.80 Å². The predicted molar refractivity (Wildman–Crippen MR) is 79.2 cm³/mol. The van der Waals surface area contributed by atoms with Crippen LogP contribution in [0.3, 0.4) is 0 Å². The van der Waals surface area contributed by atoms with Gasteiger partial charge in [0.1, 0.15) is 0 Å². The first kappa shape index (κ1) is 18.4. The highest BCUT2D eigenvalue weighted by molar-refractivity contribution is 6.60. The monoisotopic (exact) mass is 296 g/mol. The van der Waals surface area contributed by atoms with Gasteiger partial charge in [-0.25, -0.2) is 0 Å². The molecular formula is C13H29ClO3Si. The Morgan fingerprint density at radius 1 is 0.889 bits per heavy atom. The lowest BCUT2D eigenvalue weighted by molar-refractivity contribution is 0.0588. The molecule has 3 nitrogen and oxygen atoms in total. The fourth-order valence-electron chi connectivity index (χ4n) is 1.49. The molecule has 0 heterocycles. The van der Waals surface area contributed by atoms with E-state index in [0.29, 0.717) is 19.8 Å². The van der Waals surface area contributed by atoms with Gasteiger partial charge in [0.15, 0.2) is 0 Å². The Morgan fingerprint density at radius 2 is 1.28 bits per heavy atom. The Hall–Kier alpha value is 0.387. The molecule has 0 amide bonds. The van der Waals surface area contributed by atoms with Crippen molar-refractivity contribution in [2.24, 2.45) is 0 Å². The van der Waals surface area contributed by atoms with Gasteiger partial charge in [0, 0.05) is 31.2 Å². The zero-order chi connectivity index (χ0) is 13.9. The molecule has 0 aliphatic heterocycles. The third-order valence-electron chi connectivity index (χ3n) is 2.43. The van der Waals surface area contributed by atoms with Gasteiger partial charge in [-0.3, -0.25) is 0 Å². The SMILES string of the molecule is CCCO[Si](CCC(C)Cl)(OCCC)OCCC. The lowest BCUT2D eigenvalue weighted by Crippen LogP contribution is -2.46. The van der Waals surface area contributed by atoms with Gasteiger partial charge in [-0.05, 0) is 32.6 Å². The van der Waals surface area contributed by atoms with Gasteiger partial charge in [-0.15, -0.1) is 11.6 Å². The fourth-order valence-corrected chi connectivity index (χ4v) is 4.80. The van der Waals surface area contributed by atoms with Crippen molar-refractivity contribution in [2.75, 3.05) is 19.8 Å². The average Bonchev–Trinajstić information content (AvgIpc) is 2.37. The summed E-state index contributed by atoms with van der Waals surface area (Å²) in [5.41, 5.74) is 0. The number of rotatable bonds is 12. The lowest BCUT2D eigenvalue weighted by atomic mass is 10.4. The summed E-state index contributed by atoms with van der Waals surface area (Å²) in [5.74, 6) is 0. The first-order chi connectivity index (χ1) is 8.60. The Labute approximate surface area is 119 Å². The number of hydrogen-bond donors (Lipinski definition) is 0. The zero-order valence-corrected chi connectivity index (χ0v) is 14.1. The van der Waals surface area contributed by atoms with Crippen LogP contribution in [-0.2, 0) is 13.3 Å². The van der Waals surface area contributed by atoms with Gasteiger partial charge in [-0.2, -0.15) is 0 Å². The highest BCUT2D eigenvalue weighted by Crippen LogP contribution is 2.21. The maximum Gasteiger partial charge on any atom is 0.501 e. The second-order valence-corrected chi connectivity index (χ2v) is 8.02. The van der Waals surface area contributed by atoms with Gasteiger partial charge in [0.2, 0.25) is 0 Å². The minimum Gasteiger partial charge on any atom is -0.373 e. The lowest BCUT2D eigenvalue weighted by Gasteiger charge is -2.30. The van der Waals surface area contributed by atoms with E-state index in [4.69, 9.17) is 24.9 Å². The van der Waals surface area contributed by atoms with Crippen LogP contribution in [0.4, 0.5) is 0 Å². The molecule has 0 aromatic rings. The summed E-state index contributed by atoms with van der Waals surface area (Å²) in [6.07, 6.45) is 3.83. The smallest absolute Gasteiger partial charge is 0.373 e. The third-order valence-corrected chi connectivity index (χ3v) is 5.48. The molecule has 18 heavy (non-hydrogen) atoms. The molecule has 0 saturated carbocycles. The van der Waals surface area contributed by atoms with Crippen molar-refractivity contribution in [2.45, 2.75) is 64.8 Å². The number of alkyl halides is 1. The summed E-state index contributed by atoms with van der Waals surface area (Å²) in [6.45, 7) is 10.4. The van der Waals surface area contributed by atoms with E-state index in [1.165, 1.54) is 0 Å². The minimum absolute atomic E-state index is 0.137. The zero-order valence-electron chi connectivity index (χ0n) is 12.3. The average molecular weight is 297 g/mol. The van der Waals surface area contributed by atoms with Crippen LogP contribution in [0.5, 0.6) is 0 Å². The molecular weight excluding hydrogens is 268 g/mol. The van der Waals surface area contributed by atoms with E-state index >= 15 is 0 Å². The van der Waals surface area contributed by atoms with Crippen molar-refractivity contribution in [3.8, 4) is 0 Å². The Bertz CT molecular complexity index is 169. The van der Waals surface area contributed by atoms with Crippen molar-refractivity contribution >= 4 is 20.4 Å². The quantitative estimate of drug-likeness (QED) is 0.398. The predicted octanol–water partition coefficient (Wildman–Crippen LogP) is 4.22. The van der Waals surface area contributed by atoms with E-state index in [1.807, 2.05) is 6.92 Å². The van der Waals surface area contributed by atoms with Crippen LogP contribution < -0.4 is 0 Å². The summed E-state index contributed by atoms with van der Waals surface area (Å²) >= 11 is 6.04. The van der Waals surface area contributed by atoms with Gasteiger partial charge >= 0.3 is 8.80 Å². The van der Waals surface area contributed by atoms with Gasteiger partial charge < -0.3 is 13.3 Å². The van der Waals surface area contributed by atoms with E-state index in [1.54, 1.807) is 0 Å². The molecule has 0 aliphatic carbocycles. The van der Waals surface area contributed by atoms with Crippen molar-refractivity contribution in [1.82, 2.24) is 0 Å². The van der Waals surface area contributed by atoms with Crippen molar-refractivity contribution in [3.63, 3.8) is 0 Å². The van der Waals surface area contributed by atoms with Crippen LogP contribution in [0.15, 0.2) is 0 Å². The summed E-state index contributed by atoms with van der Waals surface area (Å²) in [4.78, 5) is 0. The second kappa shape index (κ2) is 11.2. The number of halogens is 1. The molecule has 0 aromatic heterocycles. The first-order valence-corrected chi connectivity index (χ1v) is 9.53. The molecule has 0 aromatic carbocycles. The van der Waals surface area contributed by atoms with Crippen molar-refractivity contribution in [1.29, 1.82) is 0 Å². The van der Waals surface area contributed by atoms with E-state index in [9.17, 15) is 0 Å². The maximum atomic E-state index is 6.04. The molecule has 0 N–H and O–H groups in total. The molecule has 0 aliphatic rings. The minimum atomic E-state index is -2.51. The maximum absolute atomic E-state index is 6.04. The van der Waals surface area contributed by atoms with Crippen molar-refractivity contribution in [3.05, 3.63) is 0 Å². The van der Waals surface area contributed by atoms with Crippen molar-refractivity contribution < 1.29 is 13.3 Å². The molecule has 1 atom stereocenters. The highest BCUT2D eigenvalue weighted by Gasteiger charge is 2.40. The highest BCUT2D eigenvalue weighted by atomic mass is 35.5. The van der Waals surface area contributed by atoms with Crippen LogP contribution in [-0.4, -0.2) is 34.0 Å². The Morgan fingerprint density at radius 3 is 1.56 bits per heavy atom. The standard InChI is InChI=1S/C13H29ClO3Si/c1-5-9-15-18(16-10-6-2,17-11-7-3)12-8-13(4)14/h13H,5-12H2,1-4H3. The molecule has 5 heteroatoms. The summed E-state index contributed by atoms with van der Waals surface area (Å²) < 4.78 is 17.9. The summed E-state index contributed by atoms with van der Waals surface area (Å²) in [6, 6.07) is 0.817. The summed E-state index contributed by atoms with van der Waals surface area (Å²) in [7, 11) is -2.51. The van der Waals surface area contributed by atoms with Crippen LogP contribution in [0.25, 0.3) is 0 Å². The van der Waals surface area contributed by atoms with Crippen LogP contribution >= 0.6 is 11.6 Å². The number of hydrogen-bond acceptors (Lipinski definition) is 3. The van der Waals surface area contributed by atoms with Crippen LogP contribution in [0.1, 0.15) is 53.4 Å². The first-order valence-electron chi connectivity index (χ1n) is 7.16. The van der Waals surface area contributed by atoms with Gasteiger partial charge in [0.05, 0.1) is 0 Å². The van der Waals surface area contributed by atoms with E-state index in [0.717, 1.165) is 31.7 Å². The molecule has 1 unspecified atom stereocenters. The molecule has 0 fully saturated rings. The fraction of sp³-hybridized carbons (Fsp3) is 1.00. The van der Waals surface area contributed by atoms with E-state index in [-0.39, 0.29) is 5.38 Å². The third kappa shape index (κ3) is 8.48. The Balaban J connectivity index is 4.51.